The summed E-state index contributed by atoms with van der Waals surface area (Å²) < 4.78 is 0. The van der Waals surface area contributed by atoms with Crippen molar-refractivity contribution in [3.8, 4) is 0 Å². The molecule has 3 fully saturated rings. The first-order valence-corrected chi connectivity index (χ1v) is 7.59. The molecule has 0 aromatic heterocycles. The Kier molecular flexibility index (Phi) is 2.88. The van der Waals surface area contributed by atoms with Crippen molar-refractivity contribution in [3.05, 3.63) is 0 Å². The molecule has 4 nitrogen and oxygen atoms in total. The van der Waals surface area contributed by atoms with Gasteiger partial charge in [-0.15, -0.1) is 0 Å². The lowest BCUT2D eigenvalue weighted by molar-refractivity contribution is -0.129. The molecule has 19 heavy (non-hydrogen) atoms. The zero-order chi connectivity index (χ0) is 13.7. The molecular formula is C15H25N3O. The Morgan fingerprint density at radius 1 is 1.21 bits per heavy atom. The SMILES string of the molecule is CC(C)(C)C1CCCCC12NC(=NC1CC1)NC2=O. The lowest BCUT2D eigenvalue weighted by Gasteiger charge is -2.46. The van der Waals surface area contributed by atoms with Crippen molar-refractivity contribution in [2.45, 2.75) is 70.9 Å². The molecule has 0 aromatic carbocycles. The molecule has 1 amide bonds. The van der Waals surface area contributed by atoms with Crippen molar-refractivity contribution in [2.24, 2.45) is 16.3 Å². The van der Waals surface area contributed by atoms with Crippen LogP contribution in [0, 0.1) is 11.3 Å². The number of nitrogens with one attached hydrogen (secondary N) is 2. The van der Waals surface area contributed by atoms with Gasteiger partial charge in [0.15, 0.2) is 5.96 Å². The number of guanidine groups is 1. The van der Waals surface area contributed by atoms with Gasteiger partial charge in [-0.3, -0.25) is 10.1 Å². The van der Waals surface area contributed by atoms with E-state index in [-0.39, 0.29) is 11.3 Å². The second-order valence-electron chi connectivity index (χ2n) is 7.42. The van der Waals surface area contributed by atoms with Gasteiger partial charge in [-0.05, 0) is 37.0 Å². The first-order chi connectivity index (χ1) is 8.92. The van der Waals surface area contributed by atoms with Gasteiger partial charge in [0.05, 0.1) is 6.04 Å². The monoisotopic (exact) mass is 263 g/mol. The minimum atomic E-state index is -0.412. The van der Waals surface area contributed by atoms with E-state index in [2.05, 4.69) is 36.4 Å². The van der Waals surface area contributed by atoms with Gasteiger partial charge in [0, 0.05) is 0 Å². The van der Waals surface area contributed by atoms with Crippen molar-refractivity contribution < 1.29 is 4.79 Å². The average molecular weight is 263 g/mol. The van der Waals surface area contributed by atoms with Crippen LogP contribution in [0.1, 0.15) is 59.3 Å². The van der Waals surface area contributed by atoms with E-state index in [9.17, 15) is 4.79 Å². The van der Waals surface area contributed by atoms with Crippen LogP contribution in [-0.4, -0.2) is 23.4 Å². The van der Waals surface area contributed by atoms with Gasteiger partial charge in [0.2, 0.25) is 0 Å². The maximum absolute atomic E-state index is 12.6. The smallest absolute Gasteiger partial charge is 0.252 e. The standard InChI is InChI=1S/C15H25N3O/c1-14(2,3)11-6-4-5-9-15(11)12(19)17-13(18-15)16-10-7-8-10/h10-11H,4-9H2,1-3H3,(H2,16,17,18,19). The Bertz CT molecular complexity index is 420. The normalized spacial score (nSPS) is 37.5. The maximum Gasteiger partial charge on any atom is 0.252 e. The minimum absolute atomic E-state index is 0.139. The molecule has 0 aromatic rings. The third-order valence-corrected chi connectivity index (χ3v) is 4.79. The summed E-state index contributed by atoms with van der Waals surface area (Å²) in [7, 11) is 0. The lowest BCUT2D eigenvalue weighted by Crippen LogP contribution is -2.58. The zero-order valence-electron chi connectivity index (χ0n) is 12.3. The maximum atomic E-state index is 12.6. The molecule has 1 heterocycles. The van der Waals surface area contributed by atoms with Gasteiger partial charge in [0.25, 0.3) is 5.91 Å². The van der Waals surface area contributed by atoms with Crippen molar-refractivity contribution in [3.63, 3.8) is 0 Å². The summed E-state index contributed by atoms with van der Waals surface area (Å²) in [5, 5.41) is 6.46. The molecule has 3 rings (SSSR count). The number of aliphatic imine (C=N–C) groups is 1. The van der Waals surface area contributed by atoms with Crippen LogP contribution in [0.25, 0.3) is 0 Å². The molecule has 1 saturated heterocycles. The Hall–Kier alpha value is -1.06. The Balaban J connectivity index is 1.88. The van der Waals surface area contributed by atoms with E-state index in [1.165, 1.54) is 6.42 Å². The molecule has 2 unspecified atom stereocenters. The van der Waals surface area contributed by atoms with E-state index in [1.54, 1.807) is 0 Å². The molecule has 3 aliphatic rings. The Labute approximate surface area is 115 Å². The average Bonchev–Trinajstić information content (AvgIpc) is 3.06. The third kappa shape index (κ3) is 2.26. The van der Waals surface area contributed by atoms with Gasteiger partial charge in [-0.1, -0.05) is 33.6 Å². The summed E-state index contributed by atoms with van der Waals surface area (Å²) in [5.41, 5.74) is -0.274. The van der Waals surface area contributed by atoms with Crippen molar-refractivity contribution >= 4 is 11.9 Å². The number of rotatable bonds is 1. The second kappa shape index (κ2) is 4.22. The summed E-state index contributed by atoms with van der Waals surface area (Å²) in [6, 6.07) is 0.439. The largest absolute Gasteiger partial charge is 0.341 e. The zero-order valence-corrected chi connectivity index (χ0v) is 12.3. The van der Waals surface area contributed by atoms with E-state index in [4.69, 9.17) is 0 Å². The van der Waals surface area contributed by atoms with E-state index in [0.717, 1.165) is 38.1 Å². The molecular weight excluding hydrogens is 238 g/mol. The number of amides is 1. The molecule has 0 bridgehead atoms. The first-order valence-electron chi connectivity index (χ1n) is 7.59. The van der Waals surface area contributed by atoms with E-state index < -0.39 is 5.54 Å². The highest BCUT2D eigenvalue weighted by Crippen LogP contribution is 2.45. The number of hydrogen-bond donors (Lipinski definition) is 2. The third-order valence-electron chi connectivity index (χ3n) is 4.79. The van der Waals surface area contributed by atoms with Crippen LogP contribution in [0.2, 0.25) is 0 Å². The molecule has 1 aliphatic heterocycles. The summed E-state index contributed by atoms with van der Waals surface area (Å²) >= 11 is 0. The Morgan fingerprint density at radius 3 is 2.58 bits per heavy atom. The molecule has 2 atom stereocenters. The topological polar surface area (TPSA) is 53.5 Å². The predicted molar refractivity (Wildman–Crippen MR) is 75.9 cm³/mol. The molecule has 2 N–H and O–H groups in total. The van der Waals surface area contributed by atoms with Crippen LogP contribution in [0.3, 0.4) is 0 Å². The van der Waals surface area contributed by atoms with E-state index >= 15 is 0 Å². The molecule has 4 heteroatoms. The highest BCUT2D eigenvalue weighted by Gasteiger charge is 2.55. The summed E-state index contributed by atoms with van der Waals surface area (Å²) in [6.07, 6.45) is 6.75. The molecule has 0 radical (unpaired) electrons. The number of carbonyl (C=O) groups is 1. The van der Waals surface area contributed by atoms with E-state index in [1.807, 2.05) is 0 Å². The van der Waals surface area contributed by atoms with Crippen LogP contribution in [0.4, 0.5) is 0 Å². The highest BCUT2D eigenvalue weighted by molar-refractivity contribution is 6.09. The predicted octanol–water partition coefficient (Wildman–Crippen LogP) is 2.20. The van der Waals surface area contributed by atoms with Crippen LogP contribution in [0.5, 0.6) is 0 Å². The van der Waals surface area contributed by atoms with Gasteiger partial charge < -0.3 is 5.32 Å². The van der Waals surface area contributed by atoms with Gasteiger partial charge in [0.1, 0.15) is 5.54 Å². The summed E-state index contributed by atoms with van der Waals surface area (Å²) in [4.78, 5) is 17.1. The fourth-order valence-electron chi connectivity index (χ4n) is 3.74. The van der Waals surface area contributed by atoms with Gasteiger partial charge in [-0.2, -0.15) is 0 Å². The second-order valence-corrected chi connectivity index (χ2v) is 7.42. The van der Waals surface area contributed by atoms with Crippen molar-refractivity contribution in [2.75, 3.05) is 0 Å². The Morgan fingerprint density at radius 2 is 1.95 bits per heavy atom. The number of nitrogens with zero attached hydrogens (tertiary/aromatic N) is 1. The fraction of sp³-hybridized carbons (Fsp3) is 0.867. The van der Waals surface area contributed by atoms with Gasteiger partial charge >= 0.3 is 0 Å². The molecule has 1 spiro atoms. The fourth-order valence-corrected chi connectivity index (χ4v) is 3.74. The quantitative estimate of drug-likeness (QED) is 0.762. The van der Waals surface area contributed by atoms with Crippen LogP contribution >= 0.6 is 0 Å². The molecule has 106 valence electrons. The highest BCUT2D eigenvalue weighted by atomic mass is 16.2. The lowest BCUT2D eigenvalue weighted by atomic mass is 9.62. The summed E-state index contributed by atoms with van der Waals surface area (Å²) in [5.74, 6) is 1.25. The molecule has 2 aliphatic carbocycles. The van der Waals surface area contributed by atoms with Crippen LogP contribution in [0.15, 0.2) is 4.99 Å². The molecule has 2 saturated carbocycles. The van der Waals surface area contributed by atoms with Crippen LogP contribution < -0.4 is 10.6 Å². The minimum Gasteiger partial charge on any atom is -0.341 e. The van der Waals surface area contributed by atoms with E-state index in [0.29, 0.717) is 12.0 Å². The number of hydrogen-bond acceptors (Lipinski definition) is 2. The van der Waals surface area contributed by atoms with Gasteiger partial charge in [-0.25, -0.2) is 4.99 Å². The number of carbonyl (C=O) groups excluding carboxylic acids is 1. The van der Waals surface area contributed by atoms with Crippen molar-refractivity contribution in [1.82, 2.24) is 10.6 Å². The van der Waals surface area contributed by atoms with Crippen LogP contribution in [-0.2, 0) is 4.79 Å². The summed E-state index contributed by atoms with van der Waals surface area (Å²) in [6.45, 7) is 6.74. The first kappa shape index (κ1) is 12.9. The van der Waals surface area contributed by atoms with Crippen molar-refractivity contribution in [1.29, 1.82) is 0 Å².